The molecule has 20 aromatic rings. The van der Waals surface area contributed by atoms with Gasteiger partial charge in [-0.3, -0.25) is 0 Å². The number of hydrogen-bond donors (Lipinski definition) is 0. The molecule has 0 saturated carbocycles. The lowest BCUT2D eigenvalue weighted by Gasteiger charge is -2.41. The Morgan fingerprint density at radius 3 is 0.838 bits per heavy atom. The first kappa shape index (κ1) is 52.3. The van der Waals surface area contributed by atoms with E-state index in [-0.39, 0.29) is 13.4 Å². The molecule has 7 nitrogen and oxygen atoms in total. The molecule has 99 heavy (non-hydrogen) atoms. The van der Waals surface area contributed by atoms with E-state index < -0.39 is 0 Å². The average Bonchev–Trinajstić information content (AvgIpc) is 1.64. The molecule has 454 valence electrons. The molecule has 0 amide bonds. The van der Waals surface area contributed by atoms with Gasteiger partial charge in [0, 0.05) is 116 Å². The second-order valence-electron chi connectivity index (χ2n) is 27.5. The molecule has 0 N–H and O–H groups in total. The predicted molar refractivity (Wildman–Crippen MR) is 417 cm³/mol. The largest absolute Gasteiger partial charge is 0.311 e. The maximum Gasteiger partial charge on any atom is 0.252 e. The molecule has 9 heterocycles. The predicted octanol–water partition coefficient (Wildman–Crippen LogP) is 18.4. The number of nitrogens with zero attached hydrogens (tertiary/aromatic N) is 7. The molecule has 0 radical (unpaired) electrons. The zero-order valence-electron chi connectivity index (χ0n) is 53.4. The highest BCUT2D eigenvalue weighted by Gasteiger charge is 2.46. The van der Waals surface area contributed by atoms with Crippen LogP contribution in [0.3, 0.4) is 0 Å². The van der Waals surface area contributed by atoms with Crippen molar-refractivity contribution < 1.29 is 0 Å². The smallest absolute Gasteiger partial charge is 0.252 e. The van der Waals surface area contributed by atoms with E-state index in [2.05, 4.69) is 354 Å². The summed E-state index contributed by atoms with van der Waals surface area (Å²) in [6.45, 7) is -0.251. The van der Waals surface area contributed by atoms with Gasteiger partial charge in [0.1, 0.15) is 0 Å². The topological polar surface area (TPSA) is 31.1 Å². The Kier molecular flexibility index (Phi) is 10.0. The lowest BCUT2D eigenvalue weighted by Crippen LogP contribution is -2.60. The van der Waals surface area contributed by atoms with Crippen LogP contribution in [0.25, 0.3) is 137 Å². The molecule has 9 heteroatoms. The van der Waals surface area contributed by atoms with Crippen molar-refractivity contribution in [2.45, 2.75) is 0 Å². The van der Waals surface area contributed by atoms with Crippen molar-refractivity contribution >= 4 is 189 Å². The average molecular weight is 1250 g/mol. The van der Waals surface area contributed by atoms with Gasteiger partial charge in [0.25, 0.3) is 13.4 Å². The summed E-state index contributed by atoms with van der Waals surface area (Å²) in [5, 5.41) is 12.4. The van der Waals surface area contributed by atoms with Crippen LogP contribution in [-0.2, 0) is 0 Å². The van der Waals surface area contributed by atoms with Crippen LogP contribution in [0, 0.1) is 0 Å². The molecular weight excluding hydrogens is 1200 g/mol. The number of hydrogen-bond acceptors (Lipinski definition) is 2. The summed E-state index contributed by atoms with van der Waals surface area (Å²) < 4.78 is 12.8. The van der Waals surface area contributed by atoms with Crippen molar-refractivity contribution in [2.24, 2.45) is 0 Å². The van der Waals surface area contributed by atoms with Crippen molar-refractivity contribution in [3.8, 4) is 28.4 Å². The number of aromatic nitrogens is 5. The first-order chi connectivity index (χ1) is 49.2. The van der Waals surface area contributed by atoms with E-state index in [0.717, 1.165) is 50.8 Å². The van der Waals surface area contributed by atoms with Crippen LogP contribution in [0.2, 0.25) is 0 Å². The number of fused-ring (bicyclic) bond motifs is 23. The van der Waals surface area contributed by atoms with Gasteiger partial charge >= 0.3 is 0 Å². The lowest BCUT2D eigenvalue weighted by atomic mass is 9.33. The van der Waals surface area contributed by atoms with Crippen LogP contribution < -0.4 is 42.6 Å². The van der Waals surface area contributed by atoms with Crippen LogP contribution in [0.15, 0.2) is 322 Å². The highest BCUT2D eigenvalue weighted by atomic mass is 15.2. The number of anilines is 6. The molecule has 15 aromatic carbocycles. The molecule has 24 rings (SSSR count). The maximum atomic E-state index is 2.62. The summed E-state index contributed by atoms with van der Waals surface area (Å²) in [7, 11) is 0. The fourth-order valence-corrected chi connectivity index (χ4v) is 19.0. The number of para-hydroxylation sites is 11. The molecule has 0 saturated heterocycles. The van der Waals surface area contributed by atoms with Gasteiger partial charge in [-0.1, -0.05) is 212 Å². The fourth-order valence-electron chi connectivity index (χ4n) is 19.0. The lowest BCUT2D eigenvalue weighted by molar-refractivity contribution is 1.13. The molecule has 0 bridgehead atoms. The third-order valence-electron chi connectivity index (χ3n) is 22.7. The monoisotopic (exact) mass is 1250 g/mol. The Labute approximate surface area is 568 Å². The van der Waals surface area contributed by atoms with Crippen molar-refractivity contribution in [2.75, 3.05) is 9.80 Å². The van der Waals surface area contributed by atoms with Gasteiger partial charge in [-0.2, -0.15) is 0 Å². The molecule has 0 fully saturated rings. The first-order valence-corrected chi connectivity index (χ1v) is 34.5. The van der Waals surface area contributed by atoms with Gasteiger partial charge in [0.15, 0.2) is 0 Å². The Hall–Kier alpha value is -13.0. The Morgan fingerprint density at radius 1 is 0.172 bits per heavy atom. The van der Waals surface area contributed by atoms with E-state index in [0.29, 0.717) is 0 Å². The van der Waals surface area contributed by atoms with E-state index in [4.69, 9.17) is 0 Å². The Morgan fingerprint density at radius 2 is 0.465 bits per heavy atom. The summed E-state index contributed by atoms with van der Waals surface area (Å²) >= 11 is 0. The summed E-state index contributed by atoms with van der Waals surface area (Å²) in [5.74, 6) is 0. The molecule has 0 spiro atoms. The second-order valence-corrected chi connectivity index (χ2v) is 27.5. The van der Waals surface area contributed by atoms with Crippen LogP contribution >= 0.6 is 0 Å². The summed E-state index contributed by atoms with van der Waals surface area (Å²) in [4.78, 5) is 5.20. The molecule has 4 aliphatic heterocycles. The quantitative estimate of drug-likeness (QED) is 0.161. The third-order valence-corrected chi connectivity index (χ3v) is 22.7. The zero-order valence-corrected chi connectivity index (χ0v) is 53.4. The van der Waals surface area contributed by atoms with Crippen LogP contribution in [0.1, 0.15) is 0 Å². The van der Waals surface area contributed by atoms with Gasteiger partial charge in [0.05, 0.1) is 55.5 Å². The van der Waals surface area contributed by atoms with Crippen LogP contribution in [0.5, 0.6) is 0 Å². The minimum atomic E-state index is -0.126. The SMILES string of the molecule is c1ccc(N2c3cc4c(cc3B3c5c2cc(-n2c6ccccc6c6ccccc62)cc5-n2c5ccccc5c5cccc3c52)c2cc3c(cc2n4-c2ccccc2)N(c2ccccc2)c2cc(-n4c5ccccc5c5ccccc54)cc4c2B3c2cccc3c5ccccc5n-4c23)cc1. The van der Waals surface area contributed by atoms with Crippen LogP contribution in [-0.4, -0.2) is 36.3 Å². The van der Waals surface area contributed by atoms with Crippen molar-refractivity contribution in [3.05, 3.63) is 322 Å². The summed E-state index contributed by atoms with van der Waals surface area (Å²) in [6, 6.07) is 122. The normalized spacial score (nSPS) is 13.4. The first-order valence-electron chi connectivity index (χ1n) is 34.5. The van der Waals surface area contributed by atoms with Gasteiger partial charge in [-0.15, -0.1) is 0 Å². The molecular formula is C90H53B2N7. The van der Waals surface area contributed by atoms with E-state index in [1.54, 1.807) is 0 Å². The van der Waals surface area contributed by atoms with Gasteiger partial charge < -0.3 is 32.6 Å². The number of rotatable bonds is 5. The van der Waals surface area contributed by atoms with Gasteiger partial charge in [-0.05, 0) is 142 Å². The van der Waals surface area contributed by atoms with Crippen molar-refractivity contribution in [1.29, 1.82) is 0 Å². The van der Waals surface area contributed by atoms with E-state index in [1.165, 1.54) is 154 Å². The Bertz CT molecular complexity index is 6510. The second kappa shape index (κ2) is 18.9. The van der Waals surface area contributed by atoms with E-state index in [9.17, 15) is 0 Å². The molecule has 5 aromatic heterocycles. The molecule has 0 unspecified atom stereocenters. The van der Waals surface area contributed by atoms with Crippen LogP contribution in [0.4, 0.5) is 34.1 Å². The minimum Gasteiger partial charge on any atom is -0.311 e. The number of benzene rings is 15. The Balaban J connectivity index is 0.841. The highest BCUT2D eigenvalue weighted by Crippen LogP contribution is 2.50. The zero-order chi connectivity index (χ0) is 64.0. The fraction of sp³-hybridized carbons (Fsp3) is 0. The maximum absolute atomic E-state index is 2.62. The van der Waals surface area contributed by atoms with Crippen molar-refractivity contribution in [1.82, 2.24) is 22.8 Å². The summed E-state index contributed by atoms with van der Waals surface area (Å²) in [5.41, 5.74) is 32.4. The third kappa shape index (κ3) is 6.64. The molecule has 4 aliphatic rings. The van der Waals surface area contributed by atoms with Crippen molar-refractivity contribution in [3.63, 3.8) is 0 Å². The highest BCUT2D eigenvalue weighted by molar-refractivity contribution is 7.01. The van der Waals surface area contributed by atoms with E-state index >= 15 is 0 Å². The minimum absolute atomic E-state index is 0.126. The summed E-state index contributed by atoms with van der Waals surface area (Å²) in [6.07, 6.45) is 0. The molecule has 0 aliphatic carbocycles. The standard InChI is InChI=1S/C90H53B2N7/c1-4-24-54(25-5-1)93-79-52-81-71(91-69-38-22-36-65-63-34-14-20-44-77(63)98(89(65)69)85-48-57(46-83(87(85)91)94(81)55-26-6-2-7-27-55)96-73-40-16-10-30-59(73)60-31-11-17-41-74(60)96)50-67(79)68-51-72-82(53-80(68)93)95(56-28-8-3-9-29-56)84-47-58(97-75-42-18-12-32-61(75)62-33-13-19-43-76(62)97)49-86-88(84)92(72)70-39-23-37-66-64-35-15-21-45-78(64)99(86)90(66)70/h1-53H. The van der Waals surface area contributed by atoms with Gasteiger partial charge in [0.2, 0.25) is 0 Å². The van der Waals surface area contributed by atoms with E-state index in [1.807, 2.05) is 0 Å². The van der Waals surface area contributed by atoms with Gasteiger partial charge in [-0.25, -0.2) is 0 Å². The molecule has 0 atom stereocenters.